The molecule has 1 heterocycles. The van der Waals surface area contributed by atoms with Gasteiger partial charge in [-0.05, 0) is 57.6 Å². The van der Waals surface area contributed by atoms with Crippen LogP contribution in [0.2, 0.25) is 0 Å². The summed E-state index contributed by atoms with van der Waals surface area (Å²) in [6.45, 7) is 8.10. The number of carbonyl (C=O) groups is 1. The van der Waals surface area contributed by atoms with Gasteiger partial charge in [-0.2, -0.15) is 0 Å². The SMILES string of the molecule is CC(C)(C)OC(=O)N(CCCNC(N)=NCC1CCC1)Cc1cccnc1. The molecule has 1 aliphatic carbocycles. The quantitative estimate of drug-likeness (QED) is 0.414. The Bertz CT molecular complexity index is 609. The van der Waals surface area contributed by atoms with Gasteiger partial charge in [0.15, 0.2) is 5.96 Å². The fraction of sp³-hybridized carbons (Fsp3) is 0.650. The summed E-state index contributed by atoms with van der Waals surface area (Å²) in [6.07, 6.45) is 7.74. The molecule has 27 heavy (non-hydrogen) atoms. The average molecular weight is 376 g/mol. The number of nitrogens with one attached hydrogen (secondary N) is 1. The minimum Gasteiger partial charge on any atom is -0.444 e. The van der Waals surface area contributed by atoms with E-state index in [1.165, 1.54) is 19.3 Å². The lowest BCUT2D eigenvalue weighted by Gasteiger charge is -2.27. The normalized spacial score (nSPS) is 15.1. The number of guanidine groups is 1. The number of ether oxygens (including phenoxy) is 1. The highest BCUT2D eigenvalue weighted by Gasteiger charge is 2.22. The van der Waals surface area contributed by atoms with E-state index < -0.39 is 5.60 Å². The standard InChI is InChI=1S/C20H33N5O2/c1-20(2,3)27-19(26)25(15-17-9-5-10-22-13-17)12-6-11-23-18(21)24-14-16-7-4-8-16/h5,9-10,13,16H,4,6-8,11-12,14-15H2,1-3H3,(H3,21,23,24). The van der Waals surface area contributed by atoms with E-state index in [4.69, 9.17) is 10.5 Å². The minimum absolute atomic E-state index is 0.321. The zero-order valence-corrected chi connectivity index (χ0v) is 16.8. The topological polar surface area (TPSA) is 92.8 Å². The number of hydrogen-bond donors (Lipinski definition) is 2. The molecule has 3 N–H and O–H groups in total. The van der Waals surface area contributed by atoms with Crippen LogP contribution in [-0.4, -0.2) is 47.2 Å². The van der Waals surface area contributed by atoms with Crippen molar-refractivity contribution in [1.29, 1.82) is 0 Å². The Hall–Kier alpha value is -2.31. The highest BCUT2D eigenvalue weighted by Crippen LogP contribution is 2.26. The molecule has 150 valence electrons. The number of hydrogen-bond acceptors (Lipinski definition) is 4. The molecule has 1 fully saturated rings. The van der Waals surface area contributed by atoms with Crippen LogP contribution in [-0.2, 0) is 11.3 Å². The molecule has 0 unspecified atom stereocenters. The van der Waals surface area contributed by atoms with Gasteiger partial charge in [0.1, 0.15) is 5.60 Å². The van der Waals surface area contributed by atoms with Crippen molar-refractivity contribution in [3.05, 3.63) is 30.1 Å². The number of nitrogens with two attached hydrogens (primary N) is 1. The van der Waals surface area contributed by atoms with Gasteiger partial charge in [0.2, 0.25) is 0 Å². The number of carbonyl (C=O) groups excluding carboxylic acids is 1. The second-order valence-electron chi connectivity index (χ2n) is 8.07. The fourth-order valence-corrected chi connectivity index (χ4v) is 2.72. The zero-order chi connectivity index (χ0) is 19.7. The molecule has 0 radical (unpaired) electrons. The van der Waals surface area contributed by atoms with E-state index in [1.54, 1.807) is 17.3 Å². The van der Waals surface area contributed by atoms with E-state index >= 15 is 0 Å². The van der Waals surface area contributed by atoms with Gasteiger partial charge in [-0.25, -0.2) is 4.79 Å². The maximum atomic E-state index is 12.5. The molecule has 0 bridgehead atoms. The largest absolute Gasteiger partial charge is 0.444 e. The second-order valence-corrected chi connectivity index (χ2v) is 8.07. The van der Waals surface area contributed by atoms with Gasteiger partial charge in [0.05, 0.1) is 6.54 Å². The molecule has 0 saturated heterocycles. The van der Waals surface area contributed by atoms with Crippen molar-refractivity contribution in [2.45, 2.75) is 58.6 Å². The summed E-state index contributed by atoms with van der Waals surface area (Å²) in [7, 11) is 0. The van der Waals surface area contributed by atoms with Crippen molar-refractivity contribution in [1.82, 2.24) is 15.2 Å². The lowest BCUT2D eigenvalue weighted by atomic mass is 9.86. The molecule has 7 nitrogen and oxygen atoms in total. The highest BCUT2D eigenvalue weighted by atomic mass is 16.6. The number of rotatable bonds is 8. The van der Waals surface area contributed by atoms with Crippen LogP contribution < -0.4 is 11.1 Å². The van der Waals surface area contributed by atoms with Crippen molar-refractivity contribution in [2.24, 2.45) is 16.6 Å². The number of nitrogens with zero attached hydrogens (tertiary/aromatic N) is 3. The summed E-state index contributed by atoms with van der Waals surface area (Å²) in [5.74, 6) is 1.19. The molecular formula is C20H33N5O2. The Kier molecular flexibility index (Phi) is 7.88. The number of amides is 1. The van der Waals surface area contributed by atoms with E-state index in [1.807, 2.05) is 32.9 Å². The first kappa shape index (κ1) is 21.0. The third-order valence-electron chi connectivity index (χ3n) is 4.40. The molecule has 0 spiro atoms. The number of aromatic nitrogens is 1. The van der Waals surface area contributed by atoms with Gasteiger partial charge in [-0.3, -0.25) is 9.98 Å². The Morgan fingerprint density at radius 2 is 2.22 bits per heavy atom. The Balaban J connectivity index is 1.80. The summed E-state index contributed by atoms with van der Waals surface area (Å²) < 4.78 is 5.53. The predicted octanol–water partition coefficient (Wildman–Crippen LogP) is 2.91. The first-order valence-corrected chi connectivity index (χ1v) is 9.74. The number of aliphatic imine (C=N–C) groups is 1. The lowest BCUT2D eigenvalue weighted by Crippen LogP contribution is -2.39. The molecule has 1 saturated carbocycles. The van der Waals surface area contributed by atoms with Gasteiger partial charge in [0.25, 0.3) is 0 Å². The van der Waals surface area contributed by atoms with Gasteiger partial charge in [0, 0.05) is 32.0 Å². The predicted molar refractivity (Wildman–Crippen MR) is 107 cm³/mol. The minimum atomic E-state index is -0.527. The van der Waals surface area contributed by atoms with Gasteiger partial charge >= 0.3 is 6.09 Å². The summed E-state index contributed by atoms with van der Waals surface area (Å²) in [4.78, 5) is 22.7. The molecule has 1 aliphatic rings. The summed E-state index contributed by atoms with van der Waals surface area (Å²) in [6, 6.07) is 3.82. The monoisotopic (exact) mass is 375 g/mol. The molecule has 1 amide bonds. The van der Waals surface area contributed by atoms with Gasteiger partial charge in [-0.1, -0.05) is 12.5 Å². The van der Waals surface area contributed by atoms with Crippen molar-refractivity contribution in [3.63, 3.8) is 0 Å². The maximum absolute atomic E-state index is 12.5. The van der Waals surface area contributed by atoms with E-state index in [9.17, 15) is 4.79 Å². The second kappa shape index (κ2) is 10.1. The average Bonchev–Trinajstić information content (AvgIpc) is 2.55. The molecular weight excluding hydrogens is 342 g/mol. The van der Waals surface area contributed by atoms with E-state index in [0.717, 1.165) is 18.5 Å². The van der Waals surface area contributed by atoms with Crippen LogP contribution in [0.25, 0.3) is 0 Å². The fourth-order valence-electron chi connectivity index (χ4n) is 2.72. The van der Waals surface area contributed by atoms with E-state index in [-0.39, 0.29) is 6.09 Å². The summed E-state index contributed by atoms with van der Waals surface area (Å²) >= 11 is 0. The molecule has 0 atom stereocenters. The van der Waals surface area contributed by atoms with Gasteiger partial charge < -0.3 is 20.7 Å². The van der Waals surface area contributed by atoms with Gasteiger partial charge in [-0.15, -0.1) is 0 Å². The lowest BCUT2D eigenvalue weighted by molar-refractivity contribution is 0.0232. The van der Waals surface area contributed by atoms with E-state index in [2.05, 4.69) is 15.3 Å². The van der Waals surface area contributed by atoms with Crippen LogP contribution >= 0.6 is 0 Å². The van der Waals surface area contributed by atoms with Crippen LogP contribution in [0.1, 0.15) is 52.0 Å². The van der Waals surface area contributed by atoms with Crippen molar-refractivity contribution in [2.75, 3.05) is 19.6 Å². The molecule has 1 aromatic heterocycles. The molecule has 2 rings (SSSR count). The smallest absolute Gasteiger partial charge is 0.410 e. The molecule has 0 aliphatic heterocycles. The van der Waals surface area contributed by atoms with E-state index in [0.29, 0.717) is 31.5 Å². The van der Waals surface area contributed by atoms with Crippen molar-refractivity contribution < 1.29 is 9.53 Å². The Morgan fingerprint density at radius 3 is 2.81 bits per heavy atom. The summed E-state index contributed by atoms with van der Waals surface area (Å²) in [5, 5.41) is 3.13. The number of pyridine rings is 1. The Morgan fingerprint density at radius 1 is 1.44 bits per heavy atom. The summed E-state index contributed by atoms with van der Waals surface area (Å²) in [5.41, 5.74) is 6.35. The molecule has 0 aromatic carbocycles. The maximum Gasteiger partial charge on any atom is 0.410 e. The zero-order valence-electron chi connectivity index (χ0n) is 16.8. The first-order chi connectivity index (χ1) is 12.8. The highest BCUT2D eigenvalue weighted by molar-refractivity contribution is 5.77. The third-order valence-corrected chi connectivity index (χ3v) is 4.40. The van der Waals surface area contributed by atoms with Crippen LogP contribution in [0.15, 0.2) is 29.5 Å². The molecule has 7 heteroatoms. The van der Waals surface area contributed by atoms with Crippen LogP contribution in [0, 0.1) is 5.92 Å². The van der Waals surface area contributed by atoms with Crippen molar-refractivity contribution in [3.8, 4) is 0 Å². The first-order valence-electron chi connectivity index (χ1n) is 9.74. The van der Waals surface area contributed by atoms with Crippen LogP contribution in [0.3, 0.4) is 0 Å². The van der Waals surface area contributed by atoms with Crippen LogP contribution in [0.5, 0.6) is 0 Å². The Labute approximate surface area is 162 Å². The third kappa shape index (κ3) is 8.28. The van der Waals surface area contributed by atoms with Crippen LogP contribution in [0.4, 0.5) is 4.79 Å². The van der Waals surface area contributed by atoms with Crippen molar-refractivity contribution >= 4 is 12.1 Å². The molecule has 1 aromatic rings.